The molecule has 104 valence electrons. The summed E-state index contributed by atoms with van der Waals surface area (Å²) >= 11 is 3.27. The highest BCUT2D eigenvalue weighted by molar-refractivity contribution is 9.10. The molecule has 2 rings (SSSR count). The molecule has 3 nitrogen and oxygen atoms in total. The van der Waals surface area contributed by atoms with Gasteiger partial charge in [0.2, 0.25) is 0 Å². The molecule has 1 amide bonds. The normalized spacial score (nSPS) is 21.3. The van der Waals surface area contributed by atoms with Gasteiger partial charge < -0.3 is 9.80 Å². The third-order valence-corrected chi connectivity index (χ3v) is 4.13. The van der Waals surface area contributed by atoms with Crippen molar-refractivity contribution in [2.75, 3.05) is 26.7 Å². The third kappa shape index (κ3) is 3.34. The number of carbonyl (C=O) groups excluding carboxylic acids is 1. The van der Waals surface area contributed by atoms with Crippen LogP contribution in [0.3, 0.4) is 0 Å². The van der Waals surface area contributed by atoms with Gasteiger partial charge in [-0.15, -0.1) is 0 Å². The molecule has 1 aliphatic rings. The minimum Gasteiger partial charge on any atom is -0.335 e. The fourth-order valence-electron chi connectivity index (χ4n) is 2.49. The predicted octanol–water partition coefficient (Wildman–Crippen LogP) is 2.75. The van der Waals surface area contributed by atoms with Gasteiger partial charge in [0.15, 0.2) is 0 Å². The van der Waals surface area contributed by atoms with Gasteiger partial charge in [0.05, 0.1) is 5.56 Å². The van der Waals surface area contributed by atoms with Crippen LogP contribution in [0.15, 0.2) is 22.7 Å². The second-order valence-corrected chi connectivity index (χ2v) is 5.94. The van der Waals surface area contributed by atoms with Crippen molar-refractivity contribution < 1.29 is 9.18 Å². The number of nitrogens with zero attached hydrogens (tertiary/aromatic N) is 2. The molecule has 0 N–H and O–H groups in total. The van der Waals surface area contributed by atoms with Crippen LogP contribution >= 0.6 is 15.9 Å². The SMILES string of the molecule is CC1CN(C)CCCN1C(=O)c1ccc(F)cc1Br. The average Bonchev–Trinajstić information content (AvgIpc) is 2.49. The Morgan fingerprint density at radius 3 is 2.84 bits per heavy atom. The molecule has 0 radical (unpaired) electrons. The van der Waals surface area contributed by atoms with E-state index in [1.807, 2.05) is 4.90 Å². The number of amides is 1. The minimum absolute atomic E-state index is 0.0327. The van der Waals surface area contributed by atoms with Gasteiger partial charge in [-0.2, -0.15) is 0 Å². The lowest BCUT2D eigenvalue weighted by Gasteiger charge is -2.28. The molecule has 0 spiro atoms. The molecule has 1 aromatic rings. The van der Waals surface area contributed by atoms with E-state index in [-0.39, 0.29) is 17.8 Å². The summed E-state index contributed by atoms with van der Waals surface area (Å²) in [6.07, 6.45) is 0.964. The van der Waals surface area contributed by atoms with E-state index >= 15 is 0 Å². The van der Waals surface area contributed by atoms with Crippen LogP contribution in [0.1, 0.15) is 23.7 Å². The Balaban J connectivity index is 2.22. The van der Waals surface area contributed by atoms with E-state index in [1.165, 1.54) is 12.1 Å². The van der Waals surface area contributed by atoms with Crippen molar-refractivity contribution in [1.29, 1.82) is 0 Å². The number of carbonyl (C=O) groups is 1. The van der Waals surface area contributed by atoms with Crippen LogP contribution in [-0.4, -0.2) is 48.4 Å². The topological polar surface area (TPSA) is 23.6 Å². The van der Waals surface area contributed by atoms with Crippen LogP contribution in [0.2, 0.25) is 0 Å². The molecule has 1 heterocycles. The van der Waals surface area contributed by atoms with E-state index in [9.17, 15) is 9.18 Å². The largest absolute Gasteiger partial charge is 0.335 e. The average molecular weight is 329 g/mol. The Hall–Kier alpha value is -0.940. The summed E-state index contributed by atoms with van der Waals surface area (Å²) in [5.74, 6) is -0.373. The maximum Gasteiger partial charge on any atom is 0.255 e. The first-order valence-corrected chi connectivity index (χ1v) is 7.23. The molecule has 0 bridgehead atoms. The first-order valence-electron chi connectivity index (χ1n) is 6.43. The van der Waals surface area contributed by atoms with E-state index in [0.717, 1.165) is 26.1 Å². The van der Waals surface area contributed by atoms with Gasteiger partial charge >= 0.3 is 0 Å². The predicted molar refractivity (Wildman–Crippen MR) is 76.7 cm³/mol. The maximum absolute atomic E-state index is 13.1. The van der Waals surface area contributed by atoms with Crippen molar-refractivity contribution in [2.45, 2.75) is 19.4 Å². The lowest BCUT2D eigenvalue weighted by atomic mass is 10.1. The van der Waals surface area contributed by atoms with Gasteiger partial charge in [-0.25, -0.2) is 4.39 Å². The van der Waals surface area contributed by atoms with Gasteiger partial charge in [0.1, 0.15) is 5.82 Å². The van der Waals surface area contributed by atoms with E-state index in [2.05, 4.69) is 34.8 Å². The summed E-state index contributed by atoms with van der Waals surface area (Å²) in [7, 11) is 2.07. The summed E-state index contributed by atoms with van der Waals surface area (Å²) in [5.41, 5.74) is 0.526. The summed E-state index contributed by atoms with van der Waals surface area (Å²) in [6.45, 7) is 4.66. The van der Waals surface area contributed by atoms with Crippen molar-refractivity contribution in [2.24, 2.45) is 0 Å². The number of hydrogen-bond acceptors (Lipinski definition) is 2. The summed E-state index contributed by atoms with van der Waals surface area (Å²) in [4.78, 5) is 16.7. The zero-order chi connectivity index (χ0) is 14.0. The van der Waals surface area contributed by atoms with Crippen molar-refractivity contribution in [1.82, 2.24) is 9.80 Å². The molecular formula is C14H18BrFN2O. The highest BCUT2D eigenvalue weighted by Crippen LogP contribution is 2.21. The maximum atomic E-state index is 13.1. The van der Waals surface area contributed by atoms with Crippen molar-refractivity contribution in [3.8, 4) is 0 Å². The second-order valence-electron chi connectivity index (χ2n) is 5.09. The summed E-state index contributed by atoms with van der Waals surface area (Å²) in [6, 6.07) is 4.37. The lowest BCUT2D eigenvalue weighted by Crippen LogP contribution is -2.42. The monoisotopic (exact) mass is 328 g/mol. The molecule has 1 atom stereocenters. The molecule has 0 aliphatic carbocycles. The Bertz CT molecular complexity index is 481. The van der Waals surface area contributed by atoms with E-state index in [0.29, 0.717) is 10.0 Å². The highest BCUT2D eigenvalue weighted by Gasteiger charge is 2.26. The van der Waals surface area contributed by atoms with Crippen LogP contribution in [0.4, 0.5) is 4.39 Å². The third-order valence-electron chi connectivity index (χ3n) is 3.47. The lowest BCUT2D eigenvalue weighted by molar-refractivity contribution is 0.0695. The van der Waals surface area contributed by atoms with Crippen LogP contribution in [0.25, 0.3) is 0 Å². The first-order chi connectivity index (χ1) is 8.99. The first kappa shape index (κ1) is 14.5. The van der Waals surface area contributed by atoms with E-state index < -0.39 is 0 Å². The Labute approximate surface area is 121 Å². The minimum atomic E-state index is -0.341. The second kappa shape index (κ2) is 6.01. The molecule has 1 aliphatic heterocycles. The van der Waals surface area contributed by atoms with Crippen molar-refractivity contribution in [3.63, 3.8) is 0 Å². The molecule has 5 heteroatoms. The molecule has 19 heavy (non-hydrogen) atoms. The van der Waals surface area contributed by atoms with Gasteiger partial charge in [-0.1, -0.05) is 0 Å². The van der Waals surface area contributed by atoms with Crippen LogP contribution < -0.4 is 0 Å². The quantitative estimate of drug-likeness (QED) is 0.791. The number of rotatable bonds is 1. The van der Waals surface area contributed by atoms with Crippen LogP contribution in [0.5, 0.6) is 0 Å². The Morgan fingerprint density at radius 1 is 1.42 bits per heavy atom. The van der Waals surface area contributed by atoms with Gasteiger partial charge in [-0.05, 0) is 61.1 Å². The molecule has 1 unspecified atom stereocenters. The van der Waals surface area contributed by atoms with Crippen LogP contribution in [-0.2, 0) is 0 Å². The number of benzene rings is 1. The Morgan fingerprint density at radius 2 is 2.16 bits per heavy atom. The molecule has 0 aromatic heterocycles. The van der Waals surface area contributed by atoms with Gasteiger partial charge in [0.25, 0.3) is 5.91 Å². The molecule has 1 fully saturated rings. The standard InChI is InChI=1S/C14H18BrFN2O/c1-10-9-17(2)6-3-7-18(10)14(19)12-5-4-11(16)8-13(12)15/h4-5,8,10H,3,6-7,9H2,1-2H3. The van der Waals surface area contributed by atoms with Crippen molar-refractivity contribution >= 4 is 21.8 Å². The fraction of sp³-hybridized carbons (Fsp3) is 0.500. The molecular weight excluding hydrogens is 311 g/mol. The van der Waals surface area contributed by atoms with Gasteiger partial charge in [-0.3, -0.25) is 4.79 Å². The molecule has 1 aromatic carbocycles. The van der Waals surface area contributed by atoms with Crippen molar-refractivity contribution in [3.05, 3.63) is 34.1 Å². The molecule has 1 saturated heterocycles. The zero-order valence-corrected chi connectivity index (χ0v) is 12.8. The number of likely N-dealkylation sites (N-methyl/N-ethyl adjacent to an activating group) is 1. The Kier molecular flexibility index (Phi) is 4.58. The smallest absolute Gasteiger partial charge is 0.255 e. The van der Waals surface area contributed by atoms with E-state index in [1.54, 1.807) is 6.07 Å². The number of hydrogen-bond donors (Lipinski definition) is 0. The van der Waals surface area contributed by atoms with E-state index in [4.69, 9.17) is 0 Å². The summed E-state index contributed by atoms with van der Waals surface area (Å²) in [5, 5.41) is 0. The van der Waals surface area contributed by atoms with Crippen LogP contribution in [0, 0.1) is 5.82 Å². The highest BCUT2D eigenvalue weighted by atomic mass is 79.9. The molecule has 0 saturated carbocycles. The zero-order valence-electron chi connectivity index (χ0n) is 11.2. The number of halogens is 2. The fourth-order valence-corrected chi connectivity index (χ4v) is 3.01. The van der Waals surface area contributed by atoms with Gasteiger partial charge in [0, 0.05) is 23.6 Å². The summed E-state index contributed by atoms with van der Waals surface area (Å²) < 4.78 is 13.6.